The van der Waals surface area contributed by atoms with Crippen LogP contribution in [0, 0.1) is 11.7 Å². The van der Waals surface area contributed by atoms with E-state index >= 15 is 0 Å². The fourth-order valence-corrected chi connectivity index (χ4v) is 4.17. The van der Waals surface area contributed by atoms with Crippen molar-refractivity contribution in [2.45, 2.75) is 25.6 Å². The van der Waals surface area contributed by atoms with E-state index in [1.165, 1.54) is 53.4 Å². The molecule has 1 unspecified atom stereocenters. The molecule has 1 heterocycles. The molecule has 1 aliphatic rings. The number of hydrogen-bond donors (Lipinski definition) is 1. The Hall–Kier alpha value is -3.68. The number of hydrogen-bond acceptors (Lipinski definition) is 2. The monoisotopic (exact) mass is 457 g/mol. The van der Waals surface area contributed by atoms with Crippen molar-refractivity contribution in [3.63, 3.8) is 0 Å². The van der Waals surface area contributed by atoms with Crippen LogP contribution in [-0.4, -0.2) is 17.0 Å². The molecule has 1 aliphatic heterocycles. The molecule has 0 aromatic heterocycles. The number of aromatic carboxylic acids is 1. The lowest BCUT2D eigenvalue weighted by Gasteiger charge is -2.35. The van der Waals surface area contributed by atoms with E-state index in [-0.39, 0.29) is 41.8 Å². The van der Waals surface area contributed by atoms with Gasteiger partial charge in [-0.15, -0.1) is 0 Å². The Balaban J connectivity index is 1.69. The van der Waals surface area contributed by atoms with Gasteiger partial charge in [0.2, 0.25) is 5.91 Å². The maximum absolute atomic E-state index is 14.6. The first-order chi connectivity index (χ1) is 15.6. The number of carboxylic acid groups (broad SMARTS) is 1. The van der Waals surface area contributed by atoms with E-state index in [0.717, 1.165) is 6.07 Å². The van der Waals surface area contributed by atoms with Crippen molar-refractivity contribution in [3.8, 4) is 0 Å². The summed E-state index contributed by atoms with van der Waals surface area (Å²) in [6.45, 7) is -0.348. The topological polar surface area (TPSA) is 57.6 Å². The van der Waals surface area contributed by atoms with Crippen molar-refractivity contribution >= 4 is 17.6 Å². The number of rotatable bonds is 5. The predicted molar refractivity (Wildman–Crippen MR) is 113 cm³/mol. The molecule has 0 spiro atoms. The van der Waals surface area contributed by atoms with Crippen LogP contribution in [0.15, 0.2) is 66.7 Å². The zero-order valence-electron chi connectivity index (χ0n) is 17.3. The Morgan fingerprint density at radius 2 is 1.70 bits per heavy atom. The normalized spacial score (nSPS) is 15.9. The summed E-state index contributed by atoms with van der Waals surface area (Å²) >= 11 is 0. The van der Waals surface area contributed by atoms with Crippen molar-refractivity contribution in [1.29, 1.82) is 0 Å². The smallest absolute Gasteiger partial charge is 0.416 e. The lowest BCUT2D eigenvalue weighted by molar-refractivity contribution is -0.138. The van der Waals surface area contributed by atoms with E-state index < -0.39 is 35.4 Å². The largest absolute Gasteiger partial charge is 0.478 e. The Morgan fingerprint density at radius 3 is 2.36 bits per heavy atom. The molecule has 0 aliphatic carbocycles. The number of carboxylic acids is 1. The molecule has 0 saturated heterocycles. The van der Waals surface area contributed by atoms with Gasteiger partial charge < -0.3 is 10.0 Å². The molecule has 0 fully saturated rings. The highest BCUT2D eigenvalue weighted by atomic mass is 19.4. The third-order valence-corrected chi connectivity index (χ3v) is 5.78. The van der Waals surface area contributed by atoms with Crippen LogP contribution in [0.4, 0.5) is 23.2 Å². The Kier molecular flexibility index (Phi) is 5.93. The maximum atomic E-state index is 14.6. The van der Waals surface area contributed by atoms with Crippen LogP contribution in [0.3, 0.4) is 0 Å². The van der Waals surface area contributed by atoms with Crippen molar-refractivity contribution < 1.29 is 32.3 Å². The van der Waals surface area contributed by atoms with Gasteiger partial charge in [0.05, 0.1) is 23.4 Å². The molecule has 33 heavy (non-hydrogen) atoms. The zero-order valence-corrected chi connectivity index (χ0v) is 17.3. The number of halogens is 4. The van der Waals surface area contributed by atoms with E-state index in [4.69, 9.17) is 5.11 Å². The SMILES string of the molecule is O=C(O)c1ccc(CC2Cc3c(F)cccc3N(Cc3ccccc3C(F)(F)F)C2=O)cc1. The van der Waals surface area contributed by atoms with E-state index in [2.05, 4.69) is 0 Å². The van der Waals surface area contributed by atoms with Crippen molar-refractivity contribution in [2.75, 3.05) is 4.90 Å². The third-order valence-electron chi connectivity index (χ3n) is 5.78. The van der Waals surface area contributed by atoms with Gasteiger partial charge in [-0.2, -0.15) is 13.2 Å². The number of fused-ring (bicyclic) bond motifs is 1. The van der Waals surface area contributed by atoms with Crippen LogP contribution in [0.1, 0.15) is 32.6 Å². The zero-order chi connectivity index (χ0) is 23.8. The van der Waals surface area contributed by atoms with Crippen molar-refractivity contribution in [3.05, 3.63) is 100 Å². The second kappa shape index (κ2) is 8.69. The van der Waals surface area contributed by atoms with Gasteiger partial charge in [-0.1, -0.05) is 36.4 Å². The molecule has 0 saturated carbocycles. The molecule has 3 aromatic rings. The van der Waals surface area contributed by atoms with Gasteiger partial charge in [0.1, 0.15) is 5.82 Å². The first kappa shape index (κ1) is 22.5. The molecule has 4 nitrogen and oxygen atoms in total. The standard InChI is InChI=1S/C25H19F4NO3/c26-21-6-3-7-22-19(21)13-18(12-15-8-10-16(11-9-15)24(32)33)23(31)30(22)14-17-4-1-2-5-20(17)25(27,28)29/h1-11,18H,12-14H2,(H,32,33). The molecule has 1 atom stereocenters. The average Bonchev–Trinajstić information content (AvgIpc) is 2.77. The second-order valence-electron chi connectivity index (χ2n) is 7.92. The van der Waals surface area contributed by atoms with Gasteiger partial charge in [0, 0.05) is 11.5 Å². The molecule has 170 valence electrons. The van der Waals surface area contributed by atoms with Gasteiger partial charge in [-0.3, -0.25) is 4.79 Å². The molecule has 3 aromatic carbocycles. The van der Waals surface area contributed by atoms with E-state index in [1.807, 2.05) is 0 Å². The fraction of sp³-hybridized carbons (Fsp3) is 0.200. The van der Waals surface area contributed by atoms with Gasteiger partial charge in [-0.25, -0.2) is 9.18 Å². The van der Waals surface area contributed by atoms with Crippen LogP contribution in [-0.2, 0) is 30.4 Å². The molecular formula is C25H19F4NO3. The molecular weight excluding hydrogens is 438 g/mol. The summed E-state index contributed by atoms with van der Waals surface area (Å²) in [5.41, 5.74) is 0.370. The number of alkyl halides is 3. The number of amides is 1. The van der Waals surface area contributed by atoms with E-state index in [9.17, 15) is 27.2 Å². The summed E-state index contributed by atoms with van der Waals surface area (Å²) in [6, 6.07) is 15.2. The molecule has 1 N–H and O–H groups in total. The molecule has 4 rings (SSSR count). The molecule has 0 bridgehead atoms. The Bertz CT molecular complexity index is 1210. The first-order valence-corrected chi connectivity index (χ1v) is 10.2. The number of carbonyl (C=O) groups excluding carboxylic acids is 1. The maximum Gasteiger partial charge on any atom is 0.416 e. The lowest BCUT2D eigenvalue weighted by atomic mass is 9.86. The van der Waals surface area contributed by atoms with Gasteiger partial charge in [0.25, 0.3) is 0 Å². The van der Waals surface area contributed by atoms with E-state index in [0.29, 0.717) is 5.56 Å². The Labute approximate surface area is 187 Å². The average molecular weight is 457 g/mol. The third kappa shape index (κ3) is 4.60. The minimum atomic E-state index is -4.59. The fourth-order valence-electron chi connectivity index (χ4n) is 4.17. The highest BCUT2D eigenvalue weighted by Gasteiger charge is 2.37. The highest BCUT2D eigenvalue weighted by molar-refractivity contribution is 5.98. The molecule has 0 radical (unpaired) electrons. The number of anilines is 1. The summed E-state index contributed by atoms with van der Waals surface area (Å²) in [7, 11) is 0. The van der Waals surface area contributed by atoms with Gasteiger partial charge in [-0.05, 0) is 54.3 Å². The predicted octanol–water partition coefficient (Wildman–Crippen LogP) is 5.49. The van der Waals surface area contributed by atoms with Crippen LogP contribution in [0.2, 0.25) is 0 Å². The Morgan fingerprint density at radius 1 is 1.00 bits per heavy atom. The summed E-state index contributed by atoms with van der Waals surface area (Å²) in [5.74, 6) is -2.73. The van der Waals surface area contributed by atoms with Crippen LogP contribution < -0.4 is 4.90 Å². The van der Waals surface area contributed by atoms with E-state index in [1.54, 1.807) is 12.1 Å². The molecule has 1 amide bonds. The summed E-state index contributed by atoms with van der Waals surface area (Å²) in [4.78, 5) is 25.6. The summed E-state index contributed by atoms with van der Waals surface area (Å²) < 4.78 is 55.2. The first-order valence-electron chi connectivity index (χ1n) is 10.2. The number of benzene rings is 3. The minimum Gasteiger partial charge on any atom is -0.478 e. The summed E-state index contributed by atoms with van der Waals surface area (Å²) in [6.07, 6.45) is -4.30. The van der Waals surface area contributed by atoms with Crippen LogP contribution in [0.25, 0.3) is 0 Å². The number of carbonyl (C=O) groups is 2. The van der Waals surface area contributed by atoms with Gasteiger partial charge >= 0.3 is 12.1 Å². The van der Waals surface area contributed by atoms with Crippen molar-refractivity contribution in [2.24, 2.45) is 5.92 Å². The summed E-state index contributed by atoms with van der Waals surface area (Å²) in [5, 5.41) is 9.05. The highest BCUT2D eigenvalue weighted by Crippen LogP contribution is 2.37. The number of nitrogens with zero attached hydrogens (tertiary/aromatic N) is 1. The van der Waals surface area contributed by atoms with Gasteiger partial charge in [0.15, 0.2) is 0 Å². The van der Waals surface area contributed by atoms with Crippen LogP contribution in [0.5, 0.6) is 0 Å². The quantitative estimate of drug-likeness (QED) is 0.516. The van der Waals surface area contributed by atoms with Crippen LogP contribution >= 0.6 is 0 Å². The van der Waals surface area contributed by atoms with Crippen molar-refractivity contribution in [1.82, 2.24) is 0 Å². The lowest BCUT2D eigenvalue weighted by Crippen LogP contribution is -2.42. The second-order valence-corrected chi connectivity index (χ2v) is 7.92. The minimum absolute atomic E-state index is 0.0833. The molecule has 8 heteroatoms.